The van der Waals surface area contributed by atoms with Gasteiger partial charge in [0.25, 0.3) is 5.56 Å². The molecular formula is C30H34BrN3O6S. The first-order valence-corrected chi connectivity index (χ1v) is 14.9. The van der Waals surface area contributed by atoms with Crippen LogP contribution in [0.5, 0.6) is 17.2 Å². The Bertz CT molecular complexity index is 1670. The minimum Gasteiger partial charge on any atom is -0.497 e. The van der Waals surface area contributed by atoms with Gasteiger partial charge in [-0.15, -0.1) is 0 Å². The van der Waals surface area contributed by atoms with E-state index in [1.807, 2.05) is 12.1 Å². The van der Waals surface area contributed by atoms with Gasteiger partial charge in [-0.05, 0) is 67.9 Å². The number of nitrogens with zero attached hydrogens (tertiary/aromatic N) is 3. The average Bonchev–Trinajstić information content (AvgIpc) is 3.27. The molecule has 2 heterocycles. The fraction of sp³-hybridized carbons (Fsp3) is 0.367. The van der Waals surface area contributed by atoms with Crippen LogP contribution in [0.25, 0.3) is 6.08 Å². The SMILES string of the molecule is CCOC(=O)C1=C(C)N=c2s/c(=C\c3cc(Br)c(N(CC)CC)cc3OC)c(=O)n2C1c1ccc(OC)cc1OC. The first kappa shape index (κ1) is 30.4. The molecule has 1 aliphatic heterocycles. The number of methoxy groups -OCH3 is 3. The maximum absolute atomic E-state index is 14.1. The molecule has 0 aliphatic carbocycles. The number of aromatic nitrogens is 1. The monoisotopic (exact) mass is 643 g/mol. The van der Waals surface area contributed by atoms with E-state index in [0.717, 1.165) is 28.8 Å². The standard InChI is InChI=1S/C30H34BrN3O6S/c1-8-33(9-2)22-16-23(38-6)18(13-21(22)31)14-25-28(35)34-27(20-12-11-19(37-5)15-24(20)39-7)26(29(36)40-10-3)17(4)32-30(34)41-25/h11-16,27H,8-10H2,1-7H3/b25-14-. The molecule has 0 fully saturated rings. The molecule has 1 aliphatic rings. The molecule has 9 nitrogen and oxygen atoms in total. The van der Waals surface area contributed by atoms with Gasteiger partial charge in [-0.3, -0.25) is 9.36 Å². The lowest BCUT2D eigenvalue weighted by Gasteiger charge is -2.26. The van der Waals surface area contributed by atoms with Gasteiger partial charge in [0.15, 0.2) is 4.80 Å². The number of hydrogen-bond donors (Lipinski definition) is 0. The van der Waals surface area contributed by atoms with Crippen LogP contribution in [-0.2, 0) is 9.53 Å². The Morgan fingerprint density at radius 2 is 1.78 bits per heavy atom. The predicted octanol–water partition coefficient (Wildman–Crippen LogP) is 4.43. The molecule has 1 aromatic heterocycles. The molecule has 1 atom stereocenters. The van der Waals surface area contributed by atoms with Crippen molar-refractivity contribution in [2.45, 2.75) is 33.7 Å². The van der Waals surface area contributed by atoms with E-state index in [0.29, 0.717) is 37.8 Å². The lowest BCUT2D eigenvalue weighted by Crippen LogP contribution is -2.40. The predicted molar refractivity (Wildman–Crippen MR) is 164 cm³/mol. The number of hydrogen-bond acceptors (Lipinski definition) is 9. The lowest BCUT2D eigenvalue weighted by atomic mass is 9.95. The Labute approximate surface area is 251 Å². The van der Waals surface area contributed by atoms with Crippen molar-refractivity contribution in [3.05, 3.63) is 76.9 Å². The van der Waals surface area contributed by atoms with Gasteiger partial charge in [-0.2, -0.15) is 0 Å². The van der Waals surface area contributed by atoms with Gasteiger partial charge in [0.05, 0.1) is 49.4 Å². The van der Waals surface area contributed by atoms with Gasteiger partial charge in [-0.25, -0.2) is 9.79 Å². The second-order valence-electron chi connectivity index (χ2n) is 9.13. The fourth-order valence-electron chi connectivity index (χ4n) is 4.93. The second kappa shape index (κ2) is 12.9. The molecule has 41 heavy (non-hydrogen) atoms. The summed E-state index contributed by atoms with van der Waals surface area (Å²) in [7, 11) is 4.71. The number of benzene rings is 2. The van der Waals surface area contributed by atoms with Crippen molar-refractivity contribution in [3.63, 3.8) is 0 Å². The quantitative estimate of drug-likeness (QED) is 0.302. The van der Waals surface area contributed by atoms with E-state index in [2.05, 4.69) is 39.7 Å². The third-order valence-electron chi connectivity index (χ3n) is 6.94. The molecule has 0 spiro atoms. The minimum atomic E-state index is -0.813. The summed E-state index contributed by atoms with van der Waals surface area (Å²) in [6.45, 7) is 9.54. The third kappa shape index (κ3) is 5.78. The van der Waals surface area contributed by atoms with Crippen LogP contribution in [0.4, 0.5) is 5.69 Å². The van der Waals surface area contributed by atoms with E-state index in [4.69, 9.17) is 18.9 Å². The van der Waals surface area contributed by atoms with Crippen LogP contribution in [0.2, 0.25) is 0 Å². The van der Waals surface area contributed by atoms with E-state index in [1.165, 1.54) is 23.0 Å². The van der Waals surface area contributed by atoms with Crippen molar-refractivity contribution in [3.8, 4) is 17.2 Å². The van der Waals surface area contributed by atoms with Crippen molar-refractivity contribution < 1.29 is 23.7 Å². The Morgan fingerprint density at radius 1 is 1.07 bits per heavy atom. The summed E-state index contributed by atoms with van der Waals surface area (Å²) in [6, 6.07) is 8.39. The van der Waals surface area contributed by atoms with Gasteiger partial charge < -0.3 is 23.8 Å². The highest BCUT2D eigenvalue weighted by atomic mass is 79.9. The smallest absolute Gasteiger partial charge is 0.338 e. The summed E-state index contributed by atoms with van der Waals surface area (Å²) in [6.07, 6.45) is 1.80. The number of carbonyl (C=O) groups is 1. The Balaban J connectivity index is 1.97. The van der Waals surface area contributed by atoms with Crippen LogP contribution in [-0.4, -0.2) is 51.6 Å². The molecular weight excluding hydrogens is 610 g/mol. The van der Waals surface area contributed by atoms with Crippen LogP contribution < -0.4 is 34.0 Å². The first-order chi connectivity index (χ1) is 19.7. The van der Waals surface area contributed by atoms with Gasteiger partial charge in [0.1, 0.15) is 23.3 Å². The summed E-state index contributed by atoms with van der Waals surface area (Å²) in [5.74, 6) is 1.15. The molecule has 11 heteroatoms. The molecule has 0 N–H and O–H groups in total. The van der Waals surface area contributed by atoms with Crippen molar-refractivity contribution in [1.29, 1.82) is 0 Å². The van der Waals surface area contributed by atoms with Gasteiger partial charge in [0.2, 0.25) is 0 Å². The molecule has 0 saturated heterocycles. The van der Waals surface area contributed by atoms with Crippen molar-refractivity contribution in [2.24, 2.45) is 4.99 Å². The molecule has 0 bridgehead atoms. The summed E-state index contributed by atoms with van der Waals surface area (Å²) in [5, 5.41) is 0. The van der Waals surface area contributed by atoms with Crippen molar-refractivity contribution in [2.75, 3.05) is 45.9 Å². The second-order valence-corrected chi connectivity index (χ2v) is 11.0. The number of thiazole rings is 1. The van der Waals surface area contributed by atoms with Gasteiger partial charge in [-0.1, -0.05) is 11.3 Å². The summed E-state index contributed by atoms with van der Waals surface area (Å²) >= 11 is 4.94. The molecule has 0 saturated carbocycles. The van der Waals surface area contributed by atoms with E-state index >= 15 is 0 Å². The molecule has 0 amide bonds. The minimum absolute atomic E-state index is 0.185. The van der Waals surface area contributed by atoms with E-state index in [-0.39, 0.29) is 17.7 Å². The zero-order chi connectivity index (χ0) is 29.8. The van der Waals surface area contributed by atoms with Crippen LogP contribution in [0, 0.1) is 0 Å². The zero-order valence-corrected chi connectivity index (χ0v) is 26.6. The topological polar surface area (TPSA) is 91.6 Å². The molecule has 0 radical (unpaired) electrons. The van der Waals surface area contributed by atoms with Crippen LogP contribution in [0.3, 0.4) is 0 Å². The number of ether oxygens (including phenoxy) is 4. The number of halogens is 1. The largest absolute Gasteiger partial charge is 0.497 e. The normalized spacial score (nSPS) is 14.8. The van der Waals surface area contributed by atoms with E-state index in [1.54, 1.807) is 52.3 Å². The Morgan fingerprint density at radius 3 is 2.39 bits per heavy atom. The molecule has 3 aromatic rings. The van der Waals surface area contributed by atoms with E-state index in [9.17, 15) is 9.59 Å². The zero-order valence-electron chi connectivity index (χ0n) is 24.2. The molecule has 1 unspecified atom stereocenters. The highest BCUT2D eigenvalue weighted by Crippen LogP contribution is 2.38. The number of esters is 1. The fourth-order valence-corrected chi connectivity index (χ4v) is 6.57. The highest BCUT2D eigenvalue weighted by molar-refractivity contribution is 9.10. The average molecular weight is 645 g/mol. The third-order valence-corrected chi connectivity index (χ3v) is 8.56. The van der Waals surface area contributed by atoms with Crippen molar-refractivity contribution in [1.82, 2.24) is 4.57 Å². The summed E-state index contributed by atoms with van der Waals surface area (Å²) in [5.41, 5.74) is 2.81. The number of carbonyl (C=O) groups excluding carboxylic acids is 1. The maximum atomic E-state index is 14.1. The van der Waals surface area contributed by atoms with Crippen molar-refractivity contribution >= 4 is 45.0 Å². The lowest BCUT2D eigenvalue weighted by molar-refractivity contribution is -0.139. The number of anilines is 1. The van der Waals surface area contributed by atoms with E-state index < -0.39 is 12.0 Å². The number of fused-ring (bicyclic) bond motifs is 1. The van der Waals surface area contributed by atoms with Gasteiger partial charge >= 0.3 is 5.97 Å². The van der Waals surface area contributed by atoms with Crippen LogP contribution in [0.15, 0.2) is 55.9 Å². The highest BCUT2D eigenvalue weighted by Gasteiger charge is 2.35. The first-order valence-electron chi connectivity index (χ1n) is 13.3. The number of allylic oxidation sites excluding steroid dienone is 1. The Hall–Kier alpha value is -3.57. The molecule has 2 aromatic carbocycles. The molecule has 4 rings (SSSR count). The van der Waals surface area contributed by atoms with Gasteiger partial charge in [0, 0.05) is 40.8 Å². The maximum Gasteiger partial charge on any atom is 0.338 e. The number of rotatable bonds is 10. The Kier molecular flexibility index (Phi) is 9.60. The van der Waals surface area contributed by atoms with Crippen LogP contribution in [0.1, 0.15) is 44.9 Å². The van der Waals surface area contributed by atoms with Crippen LogP contribution >= 0.6 is 27.3 Å². The summed E-state index contributed by atoms with van der Waals surface area (Å²) < 4.78 is 25.1. The molecule has 218 valence electrons. The summed E-state index contributed by atoms with van der Waals surface area (Å²) in [4.78, 5) is 34.7.